The van der Waals surface area contributed by atoms with Crippen LogP contribution in [-0.4, -0.2) is 175 Å². The van der Waals surface area contributed by atoms with Crippen LogP contribution >= 0.6 is 21.6 Å². The van der Waals surface area contributed by atoms with Crippen LogP contribution in [0.3, 0.4) is 0 Å². The number of aromatic hydroxyl groups is 1. The fourth-order valence-electron chi connectivity index (χ4n) is 9.80. The number of amides is 10. The van der Waals surface area contributed by atoms with Crippen LogP contribution in [0.5, 0.6) is 5.75 Å². The van der Waals surface area contributed by atoms with Crippen molar-refractivity contribution < 1.29 is 63.0 Å². The Morgan fingerprint density at radius 1 is 0.652 bits per heavy atom. The van der Waals surface area contributed by atoms with Crippen LogP contribution in [0, 0.1) is 0 Å². The average Bonchev–Trinajstić information content (AvgIpc) is 1.66. The number of carbonyl (C=O) groups is 11. The standard InChI is InChI=1S/C60H79N17O13S2/c1-33(78)69-44(25-35-16-18-38(79)19-17-35)55(86)70-41(14-7-8-22-61)53(84)77-49-31-92-91-30-48(51(62)82)76-57(88)46(26-36-28-67-40-13-6-5-12-39(36)40)74-52(83)42(15-9-23-66-60(63)64)71-56(87)45(24-34-10-3-2-4-11-34)73-58(89)47(27-37-29-65-32-68-37)75-54(85)43(72-59(49)90)20-21-50(80)81/h2-6,10-13,16-19,28-29,32,41-49,67,79H,7-9,14-15,20-27,30-31,61H2,1H3,(H2,62,82)(H,65,68)(H,69,78)(H,70,86)(H,71,87)(H,72,90)(H,73,89)(H,74,83)(H,75,85)(H,76,88)(H,77,84)(H,80,81)(H4,63,64,66)/t41-,42-,43-,44-,45+,46-,47-,48-,49-/m0/s1. The minimum atomic E-state index is -1.74. The number of nitrogens with two attached hydrogens (primary N) is 4. The summed E-state index contributed by atoms with van der Waals surface area (Å²) in [6.45, 7) is 1.42. The SMILES string of the molecule is CC(=O)N[C@@H](Cc1ccc(O)cc1)C(=O)N[C@@H](CCCCN)C(=O)N[C@H]1CSSC[C@@H](C(N)=O)NC(=O)[C@H](Cc2c[nH]c3ccccc23)NC(=O)[C@H](CCCN=C(N)N)NC(=O)[C@@H](Cc2ccccc2)NC(=O)[C@H](Cc2cnc[nH]2)NC(=O)[C@H](CCC(=O)O)NC1=O. The van der Waals surface area contributed by atoms with E-state index in [1.807, 2.05) is 0 Å². The van der Waals surface area contributed by atoms with Gasteiger partial charge in [-0.05, 0) is 80.0 Å². The molecule has 3 aromatic carbocycles. The quantitative estimate of drug-likeness (QED) is 0.0132. The lowest BCUT2D eigenvalue weighted by Crippen LogP contribution is -2.61. The Hall–Kier alpha value is -9.69. The number of aliphatic imine (C=N–C) groups is 1. The summed E-state index contributed by atoms with van der Waals surface area (Å²) in [6, 6.07) is 8.13. The smallest absolute Gasteiger partial charge is 0.303 e. The molecule has 0 radical (unpaired) electrons. The first-order valence-corrected chi connectivity index (χ1v) is 32.1. The second kappa shape index (κ2) is 36.2. The Kier molecular flexibility index (Phi) is 28.1. The van der Waals surface area contributed by atoms with Gasteiger partial charge in [0.05, 0.1) is 6.33 Å². The molecule has 0 unspecified atom stereocenters. The molecule has 494 valence electrons. The predicted molar refractivity (Wildman–Crippen MR) is 343 cm³/mol. The van der Waals surface area contributed by atoms with Crippen molar-refractivity contribution in [1.29, 1.82) is 0 Å². The molecule has 21 N–H and O–H groups in total. The highest BCUT2D eigenvalue weighted by atomic mass is 33.1. The number of hydrogen-bond donors (Lipinski definition) is 17. The van der Waals surface area contributed by atoms with Crippen LogP contribution in [0.25, 0.3) is 10.9 Å². The van der Waals surface area contributed by atoms with E-state index in [1.54, 1.807) is 72.9 Å². The topological polar surface area (TPSA) is 497 Å². The summed E-state index contributed by atoms with van der Waals surface area (Å²) in [4.78, 5) is 169. The Balaban J connectivity index is 1.41. The number of aliphatic carboxylic acids is 1. The van der Waals surface area contributed by atoms with E-state index in [0.29, 0.717) is 39.7 Å². The van der Waals surface area contributed by atoms with Crippen LogP contribution in [0.15, 0.2) is 103 Å². The first kappa shape index (κ1) is 71.4. The molecule has 9 atom stereocenters. The van der Waals surface area contributed by atoms with Gasteiger partial charge in [0.2, 0.25) is 59.1 Å². The molecule has 0 aliphatic carbocycles. The lowest BCUT2D eigenvalue weighted by atomic mass is 10.0. The maximum Gasteiger partial charge on any atom is 0.303 e. The van der Waals surface area contributed by atoms with Crippen molar-refractivity contribution >= 4 is 103 Å². The molecule has 1 fully saturated rings. The number of H-pyrrole nitrogens is 2. The number of hydrogen-bond acceptors (Lipinski definition) is 17. The summed E-state index contributed by atoms with van der Waals surface area (Å²) in [5, 5.41) is 44.4. The number of carboxylic acids is 1. The Bertz CT molecular complexity index is 3370. The highest BCUT2D eigenvalue weighted by Gasteiger charge is 2.37. The van der Waals surface area contributed by atoms with Gasteiger partial charge in [0, 0.05) is 86.1 Å². The Morgan fingerprint density at radius 2 is 1.26 bits per heavy atom. The van der Waals surface area contributed by atoms with Crippen molar-refractivity contribution in [2.75, 3.05) is 24.6 Å². The summed E-state index contributed by atoms with van der Waals surface area (Å²) in [7, 11) is 1.83. The largest absolute Gasteiger partial charge is 0.508 e. The number of phenolic OH excluding ortho intramolecular Hbond substituents is 1. The van der Waals surface area contributed by atoms with Crippen molar-refractivity contribution in [1.82, 2.24) is 62.8 Å². The number of carbonyl (C=O) groups excluding carboxylic acids is 10. The van der Waals surface area contributed by atoms with Gasteiger partial charge in [-0.2, -0.15) is 0 Å². The van der Waals surface area contributed by atoms with Gasteiger partial charge in [-0.1, -0.05) is 82.3 Å². The van der Waals surface area contributed by atoms with Crippen molar-refractivity contribution in [2.45, 2.75) is 132 Å². The lowest BCUT2D eigenvalue weighted by molar-refractivity contribution is -0.138. The maximum absolute atomic E-state index is 14.8. The zero-order chi connectivity index (χ0) is 66.7. The number of imidazole rings is 1. The third-order valence-corrected chi connectivity index (χ3v) is 17.0. The summed E-state index contributed by atoms with van der Waals surface area (Å²) < 4.78 is 0. The maximum atomic E-state index is 14.8. The number of guanidine groups is 1. The van der Waals surface area contributed by atoms with Crippen LogP contribution in [0.4, 0.5) is 0 Å². The number of para-hydroxylation sites is 1. The summed E-state index contributed by atoms with van der Waals surface area (Å²) >= 11 is 0. The number of carboxylic acid groups (broad SMARTS) is 1. The van der Waals surface area contributed by atoms with Gasteiger partial charge < -0.3 is 91.0 Å². The fraction of sp³-hybridized carbons (Fsp3) is 0.417. The lowest BCUT2D eigenvalue weighted by Gasteiger charge is -2.28. The normalized spacial score (nSPS) is 20.5. The Labute approximate surface area is 537 Å². The molecular weight excluding hydrogens is 1230 g/mol. The highest BCUT2D eigenvalue weighted by Crippen LogP contribution is 2.25. The first-order chi connectivity index (χ1) is 44.1. The molecule has 1 aliphatic heterocycles. The third kappa shape index (κ3) is 23.3. The van der Waals surface area contributed by atoms with Gasteiger partial charge in [-0.25, -0.2) is 4.98 Å². The number of fused-ring (bicyclic) bond motifs is 1. The van der Waals surface area contributed by atoms with Crippen LogP contribution < -0.4 is 70.8 Å². The van der Waals surface area contributed by atoms with Crippen molar-refractivity contribution in [2.24, 2.45) is 27.9 Å². The molecule has 3 heterocycles. The number of aromatic nitrogens is 3. The number of phenols is 1. The molecule has 6 rings (SSSR count). The van der Waals surface area contributed by atoms with E-state index in [1.165, 1.54) is 31.6 Å². The molecule has 32 heteroatoms. The molecular formula is C60H79N17O13S2. The van der Waals surface area contributed by atoms with Crippen LogP contribution in [0.1, 0.15) is 74.3 Å². The molecule has 30 nitrogen and oxygen atoms in total. The van der Waals surface area contributed by atoms with Gasteiger partial charge >= 0.3 is 5.97 Å². The van der Waals surface area contributed by atoms with Crippen molar-refractivity contribution in [3.8, 4) is 5.75 Å². The third-order valence-electron chi connectivity index (χ3n) is 14.6. The predicted octanol–water partition coefficient (Wildman–Crippen LogP) is -1.82. The molecule has 0 spiro atoms. The second-order valence-corrected chi connectivity index (χ2v) is 24.3. The first-order valence-electron chi connectivity index (χ1n) is 29.6. The van der Waals surface area contributed by atoms with Gasteiger partial charge in [0.1, 0.15) is 60.1 Å². The van der Waals surface area contributed by atoms with Crippen LogP contribution in [0.2, 0.25) is 0 Å². The molecule has 92 heavy (non-hydrogen) atoms. The second-order valence-electron chi connectivity index (χ2n) is 21.8. The number of nitrogens with one attached hydrogen (secondary N) is 11. The molecule has 0 saturated carbocycles. The molecule has 0 bridgehead atoms. The zero-order valence-electron chi connectivity index (χ0n) is 50.4. The van der Waals surface area contributed by atoms with Gasteiger partial charge in [0.15, 0.2) is 5.96 Å². The molecule has 2 aromatic heterocycles. The minimum absolute atomic E-state index is 0.0106. The molecule has 1 saturated heterocycles. The van der Waals surface area contributed by atoms with Gasteiger partial charge in [-0.3, -0.25) is 57.7 Å². The van der Waals surface area contributed by atoms with E-state index in [9.17, 15) is 63.0 Å². The van der Waals surface area contributed by atoms with Crippen molar-refractivity contribution in [3.63, 3.8) is 0 Å². The number of rotatable bonds is 25. The molecule has 1 aliphatic rings. The summed E-state index contributed by atoms with van der Waals surface area (Å²) in [6.07, 6.45) is 3.00. The number of unbranched alkanes of at least 4 members (excludes halogenated alkanes) is 1. The average molecular weight is 1310 g/mol. The zero-order valence-corrected chi connectivity index (χ0v) is 52.1. The summed E-state index contributed by atoms with van der Waals surface area (Å²) in [5.41, 5.74) is 25.6. The number of primary amides is 1. The van der Waals surface area contributed by atoms with E-state index in [4.69, 9.17) is 22.9 Å². The molecule has 5 aromatic rings. The van der Waals surface area contributed by atoms with E-state index in [2.05, 4.69) is 67.8 Å². The number of nitrogens with zero attached hydrogens (tertiary/aromatic N) is 2. The van der Waals surface area contributed by atoms with Gasteiger partial charge in [0.25, 0.3) is 0 Å². The Morgan fingerprint density at radius 3 is 1.90 bits per heavy atom. The highest BCUT2D eigenvalue weighted by molar-refractivity contribution is 8.76. The number of aromatic amines is 2. The minimum Gasteiger partial charge on any atom is -0.508 e. The fourth-order valence-corrected chi connectivity index (χ4v) is 12.1. The monoisotopic (exact) mass is 1310 g/mol. The van der Waals surface area contributed by atoms with E-state index < -0.39 is 132 Å². The number of benzene rings is 3. The molecule has 10 amide bonds. The van der Waals surface area contributed by atoms with E-state index in [-0.39, 0.29) is 87.7 Å². The van der Waals surface area contributed by atoms with Crippen LogP contribution in [-0.2, 0) is 78.4 Å². The van der Waals surface area contributed by atoms with E-state index >= 15 is 0 Å². The van der Waals surface area contributed by atoms with E-state index in [0.717, 1.165) is 21.6 Å². The summed E-state index contributed by atoms with van der Waals surface area (Å²) in [5.74, 6) is -11.3. The van der Waals surface area contributed by atoms with Crippen molar-refractivity contribution in [3.05, 3.63) is 120 Å². The van der Waals surface area contributed by atoms with Gasteiger partial charge in [-0.15, -0.1) is 0 Å².